The van der Waals surface area contributed by atoms with Gasteiger partial charge < -0.3 is 10.1 Å². The fourth-order valence-electron chi connectivity index (χ4n) is 2.21. The number of rotatable bonds is 5. The Hall–Kier alpha value is -2.63. The second-order valence-electron chi connectivity index (χ2n) is 5.35. The van der Waals surface area contributed by atoms with Gasteiger partial charge in [0.25, 0.3) is 5.91 Å². The van der Waals surface area contributed by atoms with E-state index in [0.29, 0.717) is 23.7 Å². The molecule has 0 unspecified atom stereocenters. The number of benzene rings is 1. The number of carbonyl (C=O) groups excluding carboxylic acids is 2. The Balaban J connectivity index is 1.56. The molecule has 1 heterocycles. The summed E-state index contributed by atoms with van der Waals surface area (Å²) < 4.78 is 4.64. The normalized spacial score (nSPS) is 13.7. The standard InChI is InChI=1S/C16H17N3O3/c1-22-16(21)12-4-2-10(3-5-12)9-17-15(20)14-8-13(18-19-14)11-6-7-11/h2-5,8,11H,6-7,9H2,1H3,(H,17,20)(H,18,19). The number of hydrogen-bond acceptors (Lipinski definition) is 4. The van der Waals surface area contributed by atoms with E-state index in [-0.39, 0.29) is 11.9 Å². The summed E-state index contributed by atoms with van der Waals surface area (Å²) in [5, 5.41) is 9.76. The summed E-state index contributed by atoms with van der Waals surface area (Å²) in [6.45, 7) is 0.381. The van der Waals surface area contributed by atoms with E-state index in [4.69, 9.17) is 0 Å². The SMILES string of the molecule is COC(=O)c1ccc(CNC(=O)c2cc(C3CC3)[nH]n2)cc1. The minimum atomic E-state index is -0.375. The van der Waals surface area contributed by atoms with Crippen molar-refractivity contribution in [3.63, 3.8) is 0 Å². The number of nitrogens with zero attached hydrogens (tertiary/aromatic N) is 1. The average Bonchev–Trinajstić information content (AvgIpc) is 3.29. The van der Waals surface area contributed by atoms with Crippen molar-refractivity contribution in [3.8, 4) is 0 Å². The Morgan fingerprint density at radius 1 is 1.32 bits per heavy atom. The minimum Gasteiger partial charge on any atom is -0.465 e. The smallest absolute Gasteiger partial charge is 0.337 e. The first-order chi connectivity index (χ1) is 10.7. The first kappa shape index (κ1) is 14.3. The van der Waals surface area contributed by atoms with Crippen molar-refractivity contribution in [2.45, 2.75) is 25.3 Å². The van der Waals surface area contributed by atoms with Crippen LogP contribution < -0.4 is 5.32 Å². The van der Waals surface area contributed by atoms with Gasteiger partial charge in [0.15, 0.2) is 0 Å². The topological polar surface area (TPSA) is 84.1 Å². The summed E-state index contributed by atoms with van der Waals surface area (Å²) in [7, 11) is 1.34. The number of ether oxygens (including phenoxy) is 1. The molecule has 0 spiro atoms. The van der Waals surface area contributed by atoms with E-state index in [2.05, 4.69) is 20.3 Å². The van der Waals surface area contributed by atoms with Gasteiger partial charge in [-0.05, 0) is 36.6 Å². The van der Waals surface area contributed by atoms with Crippen molar-refractivity contribution in [1.29, 1.82) is 0 Å². The molecule has 2 aromatic rings. The Labute approximate surface area is 127 Å². The van der Waals surface area contributed by atoms with Crippen LogP contribution in [-0.4, -0.2) is 29.2 Å². The first-order valence-corrected chi connectivity index (χ1v) is 7.18. The molecule has 1 aromatic heterocycles. The summed E-state index contributed by atoms with van der Waals surface area (Å²) in [5.41, 5.74) is 2.83. The lowest BCUT2D eigenvalue weighted by Crippen LogP contribution is -2.23. The largest absolute Gasteiger partial charge is 0.465 e. The van der Waals surface area contributed by atoms with Crippen LogP contribution in [0, 0.1) is 0 Å². The third-order valence-corrected chi connectivity index (χ3v) is 3.68. The number of H-pyrrole nitrogens is 1. The maximum atomic E-state index is 12.0. The molecular formula is C16H17N3O3. The fraction of sp³-hybridized carbons (Fsp3) is 0.312. The van der Waals surface area contributed by atoms with Crippen molar-refractivity contribution in [1.82, 2.24) is 15.5 Å². The quantitative estimate of drug-likeness (QED) is 0.827. The maximum Gasteiger partial charge on any atom is 0.337 e. The van der Waals surface area contributed by atoms with E-state index in [1.807, 2.05) is 6.07 Å². The van der Waals surface area contributed by atoms with Gasteiger partial charge in [-0.2, -0.15) is 5.10 Å². The summed E-state index contributed by atoms with van der Waals surface area (Å²) in [4.78, 5) is 23.4. The molecule has 1 amide bonds. The van der Waals surface area contributed by atoms with Gasteiger partial charge in [-0.1, -0.05) is 12.1 Å². The molecule has 22 heavy (non-hydrogen) atoms. The number of methoxy groups -OCH3 is 1. The summed E-state index contributed by atoms with van der Waals surface area (Å²) in [6, 6.07) is 8.73. The van der Waals surface area contributed by atoms with Crippen molar-refractivity contribution in [2.75, 3.05) is 7.11 Å². The molecule has 3 rings (SSSR count). The predicted molar refractivity (Wildman–Crippen MR) is 79.5 cm³/mol. The van der Waals surface area contributed by atoms with Gasteiger partial charge in [0.2, 0.25) is 0 Å². The zero-order valence-corrected chi connectivity index (χ0v) is 12.3. The van der Waals surface area contributed by atoms with Crippen molar-refractivity contribution >= 4 is 11.9 Å². The Bertz CT molecular complexity index is 687. The lowest BCUT2D eigenvalue weighted by Gasteiger charge is -2.04. The van der Waals surface area contributed by atoms with E-state index in [1.165, 1.54) is 7.11 Å². The van der Waals surface area contributed by atoms with Crippen molar-refractivity contribution < 1.29 is 14.3 Å². The molecule has 0 saturated heterocycles. The highest BCUT2D eigenvalue weighted by atomic mass is 16.5. The van der Waals surface area contributed by atoms with Crippen LogP contribution in [0.5, 0.6) is 0 Å². The highest BCUT2D eigenvalue weighted by Crippen LogP contribution is 2.38. The van der Waals surface area contributed by atoms with Gasteiger partial charge in [-0.3, -0.25) is 9.89 Å². The van der Waals surface area contributed by atoms with Crippen molar-refractivity contribution in [2.24, 2.45) is 0 Å². The fourth-order valence-corrected chi connectivity index (χ4v) is 2.21. The average molecular weight is 299 g/mol. The maximum absolute atomic E-state index is 12.0. The van der Waals surface area contributed by atoms with E-state index in [1.54, 1.807) is 24.3 Å². The molecule has 1 fully saturated rings. The van der Waals surface area contributed by atoms with Crippen molar-refractivity contribution in [3.05, 3.63) is 52.8 Å². The molecular weight excluding hydrogens is 282 g/mol. The molecule has 6 nitrogen and oxygen atoms in total. The van der Waals surface area contributed by atoms with Crippen LogP contribution >= 0.6 is 0 Å². The van der Waals surface area contributed by atoms with Gasteiger partial charge in [-0.25, -0.2) is 4.79 Å². The number of carbonyl (C=O) groups is 2. The molecule has 6 heteroatoms. The molecule has 0 aliphatic heterocycles. The molecule has 0 atom stereocenters. The molecule has 1 saturated carbocycles. The molecule has 1 aromatic carbocycles. The van der Waals surface area contributed by atoms with E-state index in [9.17, 15) is 9.59 Å². The molecule has 0 bridgehead atoms. The Morgan fingerprint density at radius 2 is 2.05 bits per heavy atom. The number of nitrogens with one attached hydrogen (secondary N) is 2. The number of aromatic nitrogens is 2. The number of amides is 1. The van der Waals surface area contributed by atoms with Crippen LogP contribution in [0.4, 0.5) is 0 Å². The highest BCUT2D eigenvalue weighted by molar-refractivity contribution is 5.92. The monoisotopic (exact) mass is 299 g/mol. The summed E-state index contributed by atoms with van der Waals surface area (Å²) in [6.07, 6.45) is 2.32. The molecule has 1 aliphatic carbocycles. The van der Waals surface area contributed by atoms with Gasteiger partial charge >= 0.3 is 5.97 Å². The van der Waals surface area contributed by atoms with Crippen LogP contribution in [0.1, 0.15) is 50.9 Å². The van der Waals surface area contributed by atoms with Crippen LogP contribution in [0.2, 0.25) is 0 Å². The molecule has 1 aliphatic rings. The molecule has 0 radical (unpaired) electrons. The van der Waals surface area contributed by atoms with Crippen LogP contribution in [0.25, 0.3) is 0 Å². The van der Waals surface area contributed by atoms with Gasteiger partial charge in [0.1, 0.15) is 5.69 Å². The Morgan fingerprint density at radius 3 is 2.68 bits per heavy atom. The molecule has 114 valence electrons. The van der Waals surface area contributed by atoms with Crippen LogP contribution in [-0.2, 0) is 11.3 Å². The summed E-state index contributed by atoms with van der Waals surface area (Å²) in [5.74, 6) is -0.0418. The van der Waals surface area contributed by atoms with Gasteiger partial charge in [0, 0.05) is 18.2 Å². The van der Waals surface area contributed by atoms with E-state index in [0.717, 1.165) is 24.1 Å². The summed E-state index contributed by atoms with van der Waals surface area (Å²) >= 11 is 0. The number of aromatic amines is 1. The third kappa shape index (κ3) is 3.16. The second kappa shape index (κ2) is 6.01. The van der Waals surface area contributed by atoms with Gasteiger partial charge in [0.05, 0.1) is 12.7 Å². The lowest BCUT2D eigenvalue weighted by atomic mass is 10.1. The Kier molecular flexibility index (Phi) is 3.91. The lowest BCUT2D eigenvalue weighted by molar-refractivity contribution is 0.0600. The first-order valence-electron chi connectivity index (χ1n) is 7.18. The number of esters is 1. The zero-order chi connectivity index (χ0) is 15.5. The van der Waals surface area contributed by atoms with Gasteiger partial charge in [-0.15, -0.1) is 0 Å². The zero-order valence-electron chi connectivity index (χ0n) is 12.3. The minimum absolute atomic E-state index is 0.208. The van der Waals surface area contributed by atoms with E-state index >= 15 is 0 Å². The number of hydrogen-bond donors (Lipinski definition) is 2. The third-order valence-electron chi connectivity index (χ3n) is 3.68. The molecule has 2 N–H and O–H groups in total. The van der Waals surface area contributed by atoms with Crippen LogP contribution in [0.15, 0.2) is 30.3 Å². The van der Waals surface area contributed by atoms with Crippen LogP contribution in [0.3, 0.4) is 0 Å². The highest BCUT2D eigenvalue weighted by Gasteiger charge is 2.26. The predicted octanol–water partition coefficient (Wildman–Crippen LogP) is 2.00. The van der Waals surface area contributed by atoms with E-state index < -0.39 is 0 Å². The second-order valence-corrected chi connectivity index (χ2v) is 5.35.